The molecule has 2 aliphatic rings. The van der Waals surface area contributed by atoms with Crippen LogP contribution in [0.1, 0.15) is 71.7 Å². The number of fused-ring (bicyclic) bond motifs is 1. The minimum absolute atomic E-state index is 0.118. The van der Waals surface area contributed by atoms with E-state index in [4.69, 9.17) is 39.2 Å². The minimum Gasteiger partial charge on any atom is -0.449 e. The topological polar surface area (TPSA) is 79.6 Å². The first-order valence-electron chi connectivity index (χ1n) is 15.3. The van der Waals surface area contributed by atoms with Gasteiger partial charge in [-0.25, -0.2) is 0 Å². The Kier molecular flexibility index (Phi) is 9.64. The summed E-state index contributed by atoms with van der Waals surface area (Å²) >= 11 is 18.5. The van der Waals surface area contributed by atoms with E-state index in [0.29, 0.717) is 35.3 Å². The number of carbonyl (C=O) groups is 2. The van der Waals surface area contributed by atoms with Crippen LogP contribution in [0.4, 0.5) is 0 Å². The number of rotatable bonds is 8. The molecule has 1 saturated heterocycles. The van der Waals surface area contributed by atoms with Crippen molar-refractivity contribution in [3.63, 3.8) is 0 Å². The predicted molar refractivity (Wildman–Crippen MR) is 179 cm³/mol. The van der Waals surface area contributed by atoms with E-state index in [2.05, 4.69) is 35.7 Å². The van der Waals surface area contributed by atoms with Crippen molar-refractivity contribution in [3.8, 4) is 0 Å². The molecule has 3 aromatic carbocycles. The number of halogens is 3. The summed E-state index contributed by atoms with van der Waals surface area (Å²) in [4.78, 5) is 40.5. The first-order chi connectivity index (χ1) is 21.7. The molecule has 0 bridgehead atoms. The highest BCUT2D eigenvalue weighted by Gasteiger charge is 2.25. The van der Waals surface area contributed by atoms with Gasteiger partial charge in [-0.15, -0.1) is 0 Å². The lowest BCUT2D eigenvalue weighted by Crippen LogP contribution is -2.36. The second-order valence-corrected chi connectivity index (χ2v) is 13.1. The monoisotopic (exact) mass is 662 g/mol. The van der Waals surface area contributed by atoms with Gasteiger partial charge < -0.3 is 14.6 Å². The van der Waals surface area contributed by atoms with Gasteiger partial charge in [-0.1, -0.05) is 82.9 Å². The van der Waals surface area contributed by atoms with Crippen LogP contribution in [0.2, 0.25) is 15.1 Å². The fourth-order valence-corrected chi connectivity index (χ4v) is 7.12. The van der Waals surface area contributed by atoms with Gasteiger partial charge in [0.15, 0.2) is 16.8 Å². The van der Waals surface area contributed by atoms with Crippen LogP contribution >= 0.6 is 34.8 Å². The number of hydrogen-bond acceptors (Lipinski definition) is 4. The highest BCUT2D eigenvalue weighted by Crippen LogP contribution is 2.38. The molecule has 9 heteroatoms. The second-order valence-electron chi connectivity index (χ2n) is 11.9. The predicted octanol–water partition coefficient (Wildman–Crippen LogP) is 8.50. The largest absolute Gasteiger partial charge is 0.449 e. The van der Waals surface area contributed by atoms with Gasteiger partial charge in [0.05, 0.1) is 16.5 Å². The molecule has 0 radical (unpaired) electrons. The van der Waals surface area contributed by atoms with Crippen molar-refractivity contribution >= 4 is 57.6 Å². The average molecular weight is 664 g/mol. The molecule has 232 valence electrons. The molecule has 4 aromatic rings. The highest BCUT2D eigenvalue weighted by molar-refractivity contribution is 6.38. The summed E-state index contributed by atoms with van der Waals surface area (Å²) in [6.45, 7) is 1.50. The zero-order chi connectivity index (χ0) is 31.5. The zero-order valence-corrected chi connectivity index (χ0v) is 26.9. The molecule has 0 unspecified atom stereocenters. The number of amides is 2. The maximum Gasteiger partial charge on any atom is 0.287 e. The summed E-state index contributed by atoms with van der Waals surface area (Å²) in [5.41, 5.74) is 4.57. The maximum atomic E-state index is 13.5. The van der Waals surface area contributed by atoms with Gasteiger partial charge >= 0.3 is 0 Å². The van der Waals surface area contributed by atoms with Crippen molar-refractivity contribution in [1.29, 1.82) is 0 Å². The third-order valence-corrected chi connectivity index (χ3v) is 9.50. The minimum atomic E-state index is -0.505. The number of likely N-dealkylation sites (tertiary alicyclic amines) is 1. The lowest BCUT2D eigenvalue weighted by atomic mass is 9.79. The molecular weight excluding hydrogens is 631 g/mol. The summed E-state index contributed by atoms with van der Waals surface area (Å²) in [5, 5.41) is 4.40. The van der Waals surface area contributed by atoms with Crippen molar-refractivity contribution in [2.75, 3.05) is 6.54 Å². The number of nitrogens with zero attached hydrogens (tertiary/aromatic N) is 1. The molecular formula is C36H33Cl3N2O4. The highest BCUT2D eigenvalue weighted by atomic mass is 35.5. The van der Waals surface area contributed by atoms with Crippen molar-refractivity contribution < 1.29 is 14.0 Å². The molecule has 1 N–H and O–H groups in total. The molecule has 2 heterocycles. The van der Waals surface area contributed by atoms with Gasteiger partial charge in [0.2, 0.25) is 5.91 Å². The summed E-state index contributed by atoms with van der Waals surface area (Å²) in [5.74, 6) is 0.0244. The number of carbonyl (C=O) groups excluding carboxylic acids is 2. The Morgan fingerprint density at radius 1 is 0.956 bits per heavy atom. The van der Waals surface area contributed by atoms with Gasteiger partial charge in [0, 0.05) is 35.6 Å². The van der Waals surface area contributed by atoms with Crippen LogP contribution in [0.15, 0.2) is 87.6 Å². The zero-order valence-electron chi connectivity index (χ0n) is 24.7. The second kappa shape index (κ2) is 13.8. The molecule has 1 aliphatic carbocycles. The van der Waals surface area contributed by atoms with E-state index in [-0.39, 0.29) is 33.7 Å². The van der Waals surface area contributed by atoms with E-state index >= 15 is 0 Å². The van der Waals surface area contributed by atoms with Crippen LogP contribution in [0.25, 0.3) is 11.0 Å². The third kappa shape index (κ3) is 7.46. The molecule has 1 aliphatic heterocycles. The quantitative estimate of drug-likeness (QED) is 0.192. The van der Waals surface area contributed by atoms with Crippen LogP contribution in [0.3, 0.4) is 0 Å². The maximum absolute atomic E-state index is 13.5. The normalized spacial score (nSPS) is 17.5. The SMILES string of the molecule is O=C(N[C@H](C=C1CCC(c2ccccc2CN2CCCC2=O)CC1)Cc1ccc(Cl)cc1)c1cc(=O)c2cc(Cl)cc(Cl)c2o1. The Morgan fingerprint density at radius 3 is 2.44 bits per heavy atom. The van der Waals surface area contributed by atoms with E-state index < -0.39 is 11.3 Å². The summed E-state index contributed by atoms with van der Waals surface area (Å²) in [7, 11) is 0. The number of allylic oxidation sites excluding steroid dienone is 1. The molecule has 1 saturated carbocycles. The molecule has 0 spiro atoms. The summed E-state index contributed by atoms with van der Waals surface area (Å²) in [6.07, 6.45) is 8.02. The van der Waals surface area contributed by atoms with Crippen molar-refractivity contribution in [3.05, 3.63) is 126 Å². The Balaban J connectivity index is 1.20. The fraction of sp³-hybridized carbons (Fsp3) is 0.306. The fourth-order valence-electron chi connectivity index (χ4n) is 6.46. The molecule has 2 amide bonds. The van der Waals surface area contributed by atoms with E-state index in [1.165, 1.54) is 34.9 Å². The Labute approximate surface area is 277 Å². The molecule has 2 fully saturated rings. The van der Waals surface area contributed by atoms with Crippen molar-refractivity contribution in [2.24, 2.45) is 0 Å². The van der Waals surface area contributed by atoms with Gasteiger partial charge in [0.25, 0.3) is 5.91 Å². The van der Waals surface area contributed by atoms with Crippen LogP contribution in [0, 0.1) is 0 Å². The van der Waals surface area contributed by atoms with E-state index in [9.17, 15) is 14.4 Å². The first kappa shape index (κ1) is 31.4. The summed E-state index contributed by atoms with van der Waals surface area (Å²) < 4.78 is 5.81. The van der Waals surface area contributed by atoms with Crippen molar-refractivity contribution in [1.82, 2.24) is 10.2 Å². The van der Waals surface area contributed by atoms with E-state index in [1.54, 1.807) is 0 Å². The van der Waals surface area contributed by atoms with Gasteiger partial charge in [-0.05, 0) is 85.4 Å². The standard InChI is InChI=1S/C36H33Cl3N2O4/c37-26-13-9-23(10-14-26)17-28(40-36(44)33-20-32(42)30-18-27(38)19-31(39)35(30)45-33)16-22-7-11-24(12-8-22)29-5-2-1-4-25(29)21-41-15-3-6-34(41)43/h1-2,4-5,9-10,13-14,16,18-20,24,28H,3,6-8,11-12,15,17,21H2,(H,40,44)/t24?,28-/m1/s1. The van der Waals surface area contributed by atoms with Crippen LogP contribution < -0.4 is 10.7 Å². The Bertz CT molecular complexity index is 1820. The van der Waals surface area contributed by atoms with Crippen molar-refractivity contribution in [2.45, 2.75) is 63.5 Å². The van der Waals surface area contributed by atoms with Crippen LogP contribution in [-0.4, -0.2) is 29.3 Å². The molecule has 6 rings (SSSR count). The lowest BCUT2D eigenvalue weighted by Gasteiger charge is -2.28. The number of hydrogen-bond donors (Lipinski definition) is 1. The van der Waals surface area contributed by atoms with Crippen LogP contribution in [0.5, 0.6) is 0 Å². The number of benzene rings is 3. The van der Waals surface area contributed by atoms with E-state index in [1.807, 2.05) is 29.2 Å². The van der Waals surface area contributed by atoms with Gasteiger partial charge in [-0.2, -0.15) is 0 Å². The molecule has 6 nitrogen and oxygen atoms in total. The van der Waals surface area contributed by atoms with Crippen LogP contribution in [-0.2, 0) is 17.8 Å². The molecule has 45 heavy (non-hydrogen) atoms. The van der Waals surface area contributed by atoms with E-state index in [0.717, 1.165) is 44.2 Å². The molecule has 1 aromatic heterocycles. The average Bonchev–Trinajstić information content (AvgIpc) is 3.43. The first-order valence-corrected chi connectivity index (χ1v) is 16.4. The smallest absolute Gasteiger partial charge is 0.287 e. The van der Waals surface area contributed by atoms with Gasteiger partial charge in [-0.3, -0.25) is 14.4 Å². The molecule has 1 atom stereocenters. The lowest BCUT2D eigenvalue weighted by molar-refractivity contribution is -0.128. The Morgan fingerprint density at radius 2 is 1.71 bits per heavy atom. The summed E-state index contributed by atoms with van der Waals surface area (Å²) in [6, 6.07) is 19.8. The third-order valence-electron chi connectivity index (χ3n) is 8.75. The number of nitrogens with one attached hydrogen (secondary N) is 1. The Hall–Kier alpha value is -3.58. The van der Waals surface area contributed by atoms with Gasteiger partial charge in [0.1, 0.15) is 0 Å².